The zero-order valence-corrected chi connectivity index (χ0v) is 21.5. The summed E-state index contributed by atoms with van der Waals surface area (Å²) in [6.45, 7) is 5.99. The third kappa shape index (κ3) is 8.90. The second-order valence-electron chi connectivity index (χ2n) is 8.77. The second-order valence-corrected chi connectivity index (χ2v) is 8.77. The van der Waals surface area contributed by atoms with Crippen molar-refractivity contribution in [1.29, 1.82) is 0 Å². The Balaban J connectivity index is 1.65. The van der Waals surface area contributed by atoms with E-state index in [-0.39, 0.29) is 24.0 Å². The van der Waals surface area contributed by atoms with E-state index in [2.05, 4.69) is 4.74 Å². The fourth-order valence-corrected chi connectivity index (χ4v) is 3.78. The highest BCUT2D eigenvalue weighted by Crippen LogP contribution is 2.38. The van der Waals surface area contributed by atoms with Crippen molar-refractivity contribution in [2.24, 2.45) is 0 Å². The number of alkyl halides is 3. The zero-order valence-electron chi connectivity index (χ0n) is 21.5. The number of benzene rings is 3. The number of hydrogen-bond acceptors (Lipinski definition) is 5. The van der Waals surface area contributed by atoms with E-state index in [0.717, 1.165) is 29.2 Å². The van der Waals surface area contributed by atoms with Crippen molar-refractivity contribution in [1.82, 2.24) is 0 Å². The number of rotatable bonds is 13. The minimum Gasteiger partial charge on any atom is -0.493 e. The smallest absolute Gasteiger partial charge is 0.493 e. The molecule has 9 heteroatoms. The van der Waals surface area contributed by atoms with Gasteiger partial charge >= 0.3 is 12.3 Å². The molecule has 0 aliphatic heterocycles. The maximum Gasteiger partial charge on any atom is 0.573 e. The van der Waals surface area contributed by atoms with Crippen LogP contribution in [0.5, 0.6) is 28.7 Å². The van der Waals surface area contributed by atoms with Crippen LogP contribution in [0, 0.1) is 6.92 Å². The first kappa shape index (κ1) is 28.7. The van der Waals surface area contributed by atoms with Crippen LogP contribution < -0.4 is 18.9 Å². The first-order valence-electron chi connectivity index (χ1n) is 12.3. The molecule has 1 atom stereocenters. The summed E-state index contributed by atoms with van der Waals surface area (Å²) in [6.07, 6.45) is -3.40. The van der Waals surface area contributed by atoms with Gasteiger partial charge in [0.25, 0.3) is 0 Å². The van der Waals surface area contributed by atoms with Crippen LogP contribution in [-0.2, 0) is 17.6 Å². The molecule has 0 amide bonds. The van der Waals surface area contributed by atoms with Crippen LogP contribution >= 0.6 is 0 Å². The predicted octanol–water partition coefficient (Wildman–Crippen LogP) is 7.50. The fourth-order valence-electron chi connectivity index (χ4n) is 3.78. The van der Waals surface area contributed by atoms with Crippen molar-refractivity contribution in [3.05, 3.63) is 77.4 Å². The van der Waals surface area contributed by atoms with Crippen molar-refractivity contribution in [3.63, 3.8) is 0 Å². The first-order chi connectivity index (χ1) is 18.0. The molecule has 0 heterocycles. The molecular weight excluding hydrogens is 501 g/mol. The van der Waals surface area contributed by atoms with Crippen LogP contribution in [0.2, 0.25) is 0 Å². The highest BCUT2D eigenvalue weighted by molar-refractivity contribution is 5.67. The molecule has 0 radical (unpaired) electrons. The molecule has 3 rings (SSSR count). The van der Waals surface area contributed by atoms with E-state index in [0.29, 0.717) is 30.9 Å². The van der Waals surface area contributed by atoms with Crippen LogP contribution in [-0.4, -0.2) is 30.1 Å². The number of hydrogen-bond donors (Lipinski definition) is 1. The van der Waals surface area contributed by atoms with Gasteiger partial charge in [-0.05, 0) is 73.7 Å². The molecule has 3 aromatic rings. The van der Waals surface area contributed by atoms with E-state index in [1.807, 2.05) is 51.1 Å². The van der Waals surface area contributed by atoms with Crippen LogP contribution in [0.4, 0.5) is 13.2 Å². The maximum atomic E-state index is 12.8. The van der Waals surface area contributed by atoms with Crippen LogP contribution in [0.25, 0.3) is 0 Å². The van der Waals surface area contributed by atoms with Crippen molar-refractivity contribution < 1.29 is 42.0 Å². The molecule has 6 nitrogen and oxygen atoms in total. The van der Waals surface area contributed by atoms with E-state index in [4.69, 9.17) is 19.3 Å². The van der Waals surface area contributed by atoms with E-state index in [1.54, 1.807) is 12.1 Å². The predicted molar refractivity (Wildman–Crippen MR) is 136 cm³/mol. The largest absolute Gasteiger partial charge is 0.573 e. The summed E-state index contributed by atoms with van der Waals surface area (Å²) in [5, 5.41) is 8.93. The van der Waals surface area contributed by atoms with Gasteiger partial charge in [-0.1, -0.05) is 31.2 Å². The SMILES string of the molecule is CCc1cc(OCCC(C)Oc2ccc(OC(F)(F)F)cc2Oc2ccccc2C)ccc1CCC(=O)O. The second kappa shape index (κ2) is 13.1. The summed E-state index contributed by atoms with van der Waals surface area (Å²) in [6, 6.07) is 16.5. The Morgan fingerprint density at radius 1 is 0.947 bits per heavy atom. The van der Waals surface area contributed by atoms with Crippen LogP contribution in [0.1, 0.15) is 43.4 Å². The van der Waals surface area contributed by atoms with Crippen molar-refractivity contribution in [3.8, 4) is 28.7 Å². The summed E-state index contributed by atoms with van der Waals surface area (Å²) in [4.78, 5) is 10.9. The monoisotopic (exact) mass is 532 g/mol. The maximum absolute atomic E-state index is 12.8. The van der Waals surface area contributed by atoms with Crippen molar-refractivity contribution in [2.75, 3.05) is 6.61 Å². The number of carboxylic acid groups (broad SMARTS) is 1. The lowest BCUT2D eigenvalue weighted by molar-refractivity contribution is -0.274. The minimum absolute atomic E-state index is 0.0703. The van der Waals surface area contributed by atoms with E-state index >= 15 is 0 Å². The van der Waals surface area contributed by atoms with Gasteiger partial charge in [0.2, 0.25) is 0 Å². The molecular formula is C29H31F3O6. The Kier molecular flexibility index (Phi) is 9.87. The van der Waals surface area contributed by atoms with Gasteiger partial charge in [-0.3, -0.25) is 4.79 Å². The van der Waals surface area contributed by atoms with Gasteiger partial charge in [-0.15, -0.1) is 13.2 Å². The number of para-hydroxylation sites is 1. The molecule has 0 saturated carbocycles. The van der Waals surface area contributed by atoms with E-state index < -0.39 is 18.1 Å². The molecule has 0 fully saturated rings. The third-order valence-corrected chi connectivity index (χ3v) is 5.75. The van der Waals surface area contributed by atoms with Gasteiger partial charge in [0.05, 0.1) is 12.7 Å². The number of halogens is 3. The Labute approximate surface area is 219 Å². The van der Waals surface area contributed by atoms with Gasteiger partial charge in [0, 0.05) is 18.9 Å². The quantitative estimate of drug-likeness (QED) is 0.246. The first-order valence-corrected chi connectivity index (χ1v) is 12.3. The number of ether oxygens (including phenoxy) is 4. The van der Waals surface area contributed by atoms with Gasteiger partial charge in [0.15, 0.2) is 11.5 Å². The lowest BCUT2D eigenvalue weighted by atomic mass is 10.0. The molecule has 0 aliphatic carbocycles. The number of carboxylic acids is 1. The molecule has 0 spiro atoms. The number of carbonyl (C=O) groups is 1. The summed E-state index contributed by atoms with van der Waals surface area (Å²) < 4.78 is 60.1. The van der Waals surface area contributed by atoms with Crippen molar-refractivity contribution in [2.45, 2.75) is 58.9 Å². The van der Waals surface area contributed by atoms with Gasteiger partial charge in [-0.25, -0.2) is 0 Å². The zero-order chi connectivity index (χ0) is 27.7. The highest BCUT2D eigenvalue weighted by Gasteiger charge is 2.31. The molecule has 0 saturated heterocycles. The molecule has 0 bridgehead atoms. The Morgan fingerprint density at radius 3 is 2.37 bits per heavy atom. The molecule has 3 aromatic carbocycles. The molecule has 1 unspecified atom stereocenters. The number of aryl methyl sites for hydroxylation is 3. The molecule has 1 N–H and O–H groups in total. The Hall–Kier alpha value is -3.88. The van der Waals surface area contributed by atoms with Gasteiger partial charge in [0.1, 0.15) is 17.2 Å². The van der Waals surface area contributed by atoms with Gasteiger partial charge in [-0.2, -0.15) is 0 Å². The summed E-state index contributed by atoms with van der Waals surface area (Å²) in [7, 11) is 0. The third-order valence-electron chi connectivity index (χ3n) is 5.75. The van der Waals surface area contributed by atoms with E-state index in [1.165, 1.54) is 12.1 Å². The Morgan fingerprint density at radius 2 is 1.68 bits per heavy atom. The average Bonchev–Trinajstić information content (AvgIpc) is 2.85. The summed E-state index contributed by atoms with van der Waals surface area (Å²) in [5.41, 5.74) is 2.83. The Bertz CT molecular complexity index is 1230. The molecule has 0 aliphatic rings. The van der Waals surface area contributed by atoms with E-state index in [9.17, 15) is 18.0 Å². The highest BCUT2D eigenvalue weighted by atomic mass is 19.4. The summed E-state index contributed by atoms with van der Waals surface area (Å²) >= 11 is 0. The fraction of sp³-hybridized carbons (Fsp3) is 0.345. The topological polar surface area (TPSA) is 74.2 Å². The standard InChI is InChI=1S/C29H31F3O6/c1-4-21-17-23(11-9-22(21)10-14-28(33)34)35-16-15-20(3)36-26-13-12-24(38-29(30,31)32)18-27(26)37-25-8-6-5-7-19(25)2/h5-9,11-13,17-18,20H,4,10,14-16H2,1-3H3,(H,33,34). The van der Waals surface area contributed by atoms with Crippen molar-refractivity contribution >= 4 is 5.97 Å². The number of aliphatic carboxylic acids is 1. The summed E-state index contributed by atoms with van der Waals surface area (Å²) in [5.74, 6) is 0.269. The average molecular weight is 533 g/mol. The lowest BCUT2D eigenvalue weighted by Gasteiger charge is -2.20. The van der Waals surface area contributed by atoms with Gasteiger partial charge < -0.3 is 24.1 Å². The minimum atomic E-state index is -4.83. The lowest BCUT2D eigenvalue weighted by Crippen LogP contribution is -2.18. The van der Waals surface area contributed by atoms with Crippen LogP contribution in [0.15, 0.2) is 60.7 Å². The molecule has 204 valence electrons. The molecule has 0 aromatic heterocycles. The molecule has 38 heavy (non-hydrogen) atoms. The normalized spacial score (nSPS) is 12.1. The van der Waals surface area contributed by atoms with Crippen LogP contribution in [0.3, 0.4) is 0 Å².